The second-order valence-corrected chi connectivity index (χ2v) is 39.0. The number of carbonyl (C=O) groups excluding carboxylic acids is 11. The molecule has 50 nitrogen and oxygen atoms in total. The Bertz CT molecular complexity index is 4010. The van der Waals surface area contributed by atoms with E-state index in [1.54, 1.807) is 14.0 Å². The Balaban J connectivity index is 0.000000581. The molecule has 5 saturated heterocycles. The number of anilines is 1. The van der Waals surface area contributed by atoms with Gasteiger partial charge in [0.2, 0.25) is 35.4 Å². The van der Waals surface area contributed by atoms with Crippen LogP contribution in [-0.2, 0) is 123 Å². The first kappa shape index (κ1) is 125. The number of hydrogen-bond donors (Lipinski definition) is 19. The summed E-state index contributed by atoms with van der Waals surface area (Å²) in [6, 6.07) is -3.80. The smallest absolute Gasteiger partial charge is 0.394 e. The number of phosphoric ester groups is 1. The number of likely N-dealkylation sites (N-methyl/N-ethyl adjacent to an activating group) is 1. The van der Waals surface area contributed by atoms with E-state index >= 15 is 0 Å². The van der Waals surface area contributed by atoms with Crippen molar-refractivity contribution in [2.75, 3.05) is 125 Å². The summed E-state index contributed by atoms with van der Waals surface area (Å²) in [4.78, 5) is 169. The fourth-order valence-electron chi connectivity index (χ4n) is 16.8. The summed E-state index contributed by atoms with van der Waals surface area (Å²) in [7, 11) is -6.03. The predicted octanol–water partition coefficient (Wildman–Crippen LogP) is -0.108. The Morgan fingerprint density at radius 3 is 1.33 bits per heavy atom. The van der Waals surface area contributed by atoms with E-state index in [1.165, 1.54) is 42.9 Å². The summed E-state index contributed by atoms with van der Waals surface area (Å²) < 4.78 is 99.0. The van der Waals surface area contributed by atoms with Gasteiger partial charge in [0.05, 0.1) is 90.1 Å². The fourth-order valence-corrected chi connectivity index (χ4v) is 18.0. The minimum Gasteiger partial charge on any atom is -0.394 e. The molecule has 0 aliphatic carbocycles. The molecule has 2 aromatic heterocycles. The van der Waals surface area contributed by atoms with Crippen LogP contribution in [0.15, 0.2) is 12.7 Å². The lowest BCUT2D eigenvalue weighted by atomic mass is 9.97. The molecule has 0 bridgehead atoms. The maximum atomic E-state index is 13.0. The van der Waals surface area contributed by atoms with Crippen LogP contribution in [0.25, 0.3) is 11.2 Å². The van der Waals surface area contributed by atoms with Crippen LogP contribution in [0.4, 0.5) is 5.82 Å². The van der Waals surface area contributed by atoms with Gasteiger partial charge in [0.25, 0.3) is 0 Å². The number of ketones is 5. The van der Waals surface area contributed by atoms with Crippen LogP contribution >= 0.6 is 16.1 Å². The molecule has 0 saturated carbocycles. The van der Waals surface area contributed by atoms with E-state index in [0.29, 0.717) is 153 Å². The van der Waals surface area contributed by atoms with Crippen LogP contribution in [0, 0.1) is 0 Å². The van der Waals surface area contributed by atoms with Gasteiger partial charge >= 0.3 is 16.1 Å². The van der Waals surface area contributed by atoms with Crippen LogP contribution in [0.5, 0.6) is 0 Å². The first-order valence-electron chi connectivity index (χ1n) is 49.9. The molecule has 9 unspecified atom stereocenters. The number of aliphatic hydroxyl groups is 10. The van der Waals surface area contributed by atoms with Crippen molar-refractivity contribution in [1.29, 1.82) is 0 Å². The maximum Gasteiger partial charge on any atom is 0.694 e. The van der Waals surface area contributed by atoms with Crippen LogP contribution in [-0.4, -0.2) is 391 Å². The zero-order valence-corrected chi connectivity index (χ0v) is 85.0. The number of phosphoric acid groups is 1. The number of nitrogen functional groups attached to an aromatic ring is 1. The van der Waals surface area contributed by atoms with Crippen molar-refractivity contribution in [1.82, 2.24) is 56.3 Å². The van der Waals surface area contributed by atoms with Gasteiger partial charge in [-0.25, -0.2) is 19.5 Å². The highest BCUT2D eigenvalue weighted by atomic mass is 31.2. The standard InChI is InChI=1S/C66H116N6O27.C26H40N6O11P2/c1-42(76)70-54-60(88)57(85)49(36-73)97-63(54)94-30-15-10-22-45(79)18-6-5-7-19-47(81)25-33-91-39-66(67-4,40-92-34-26-48(82)21-9-14-28-68-52(83)24-12-17-32-96-65-56(72-44(3)78)62(90)59(87)51(38-75)99-65)41-93-35-27-53(84)69-29-13-8-20-46(80)23-11-16-31-95-64-55(71-43(2)77)61(89)58(86)50(37-74)98-64;1-17(33)8-6-4-2-3-5-7-9-22(35)31-12-19(34)10-18(31)13-41-45(38,39)43-20-11-23(42-21(20)14-40-44(36)37)32-16-30-24-25(27)28-15-29-26(24)32/h49-51,54-65,67,73-75,85-90H,5-41H2,1-4H3,(H,68,83)(H,69,84)(H,70,76)(H,71,77)(H,72,78);15-16,18-21,23,34H,2-14H2,1H3,(H3-,27,28,29,36,37,38,39)/p+1/t49?,50?,51?,54?,55?,56?,57-,58-,59-,60+,61+,62+,63+,64+,65+,66?;18-,19+,20-,21+,23+/m00/s1. The molecule has 822 valence electrons. The highest BCUT2D eigenvalue weighted by Crippen LogP contribution is 2.50. The summed E-state index contributed by atoms with van der Waals surface area (Å²) in [5, 5.41) is 117. The highest BCUT2D eigenvalue weighted by Gasteiger charge is 2.50. The number of aliphatic hydroxyl groups excluding tert-OH is 10. The first-order chi connectivity index (χ1) is 68.8. The molecule has 2 aromatic rings. The fraction of sp³-hybridized carbons (Fsp3) is 0.826. The van der Waals surface area contributed by atoms with Gasteiger partial charge in [0.1, 0.15) is 139 Å². The average molecular weight is 2100 g/mol. The zero-order valence-electron chi connectivity index (χ0n) is 83.2. The molecule has 0 spiro atoms. The third kappa shape index (κ3) is 46.5. The van der Waals surface area contributed by atoms with Gasteiger partial charge in [-0.05, 0) is 110 Å². The number of Topliss-reactive ketones (excluding diaryl/α,β-unsaturated/α-hetero) is 5. The Kier molecular flexibility index (Phi) is 59.7. The summed E-state index contributed by atoms with van der Waals surface area (Å²) >= 11 is 0. The number of aromatic nitrogens is 4. The van der Waals surface area contributed by atoms with Crippen molar-refractivity contribution in [2.45, 2.75) is 368 Å². The second-order valence-electron chi connectivity index (χ2n) is 36.9. The number of likely N-dealkylation sites (tertiary alicyclic amines) is 1. The summed E-state index contributed by atoms with van der Waals surface area (Å²) in [6.45, 7) is 4.41. The molecule has 5 fully saturated rings. The molecule has 7 heterocycles. The van der Waals surface area contributed by atoms with Crippen LogP contribution < -0.4 is 37.6 Å². The van der Waals surface area contributed by atoms with Crippen molar-refractivity contribution in [3.63, 3.8) is 0 Å². The molecule has 0 radical (unpaired) electrons. The first-order valence-corrected chi connectivity index (χ1v) is 52.5. The molecule has 20 N–H and O–H groups in total. The average Bonchev–Trinajstić information content (AvgIpc) is 1.63. The van der Waals surface area contributed by atoms with E-state index in [0.717, 1.165) is 32.1 Å². The van der Waals surface area contributed by atoms with E-state index in [2.05, 4.69) is 46.9 Å². The Labute approximate surface area is 839 Å². The van der Waals surface area contributed by atoms with Crippen molar-refractivity contribution in [3.05, 3.63) is 12.7 Å². The molecule has 6 amide bonds. The molecule has 0 aromatic carbocycles. The monoisotopic (exact) mass is 2100 g/mol. The number of nitrogens with zero attached hydrogens (tertiary/aromatic N) is 5. The SMILES string of the molecule is CC(=O)CCCCCCCCC(=O)N1C[C@H](O)C[C@H]1COP(=O)(O)O[C@H]1C[C@H](n2cnc3c(N)ncnc32)O[C@@H]1CO[P+](=O)O.CNC(COCCC(=O)CCCCCC(=O)CCCCO[C@@H]1OC(CO)[C@H](O)[C@H](O)C1NC(C)=O)(COCCC(=O)CCCCNC(=O)CCCCO[C@@H]1OC(CO)[C@H](O)[C@H](O)C1NC(C)=O)COCCC(=O)NCCCCC(=O)CCCCO[C@@H]1OC(CO)[C@H](O)[C@H](O)C1NC(C)=O. The van der Waals surface area contributed by atoms with Gasteiger partial charge < -0.3 is 151 Å². The number of amides is 6. The largest absolute Gasteiger partial charge is 0.694 e. The predicted molar refractivity (Wildman–Crippen MR) is 509 cm³/mol. The Morgan fingerprint density at radius 1 is 0.486 bits per heavy atom. The molecule has 144 heavy (non-hydrogen) atoms. The lowest BCUT2D eigenvalue weighted by Gasteiger charge is -2.42. The molecular formula is C92H157N12O38P2+. The number of hydrogen-bond acceptors (Lipinski definition) is 41. The lowest BCUT2D eigenvalue weighted by molar-refractivity contribution is -0.270. The van der Waals surface area contributed by atoms with E-state index in [4.69, 9.17) is 71.6 Å². The van der Waals surface area contributed by atoms with Crippen LogP contribution in [0.1, 0.15) is 246 Å². The third-order valence-electron chi connectivity index (χ3n) is 24.9. The highest BCUT2D eigenvalue weighted by molar-refractivity contribution is 7.47. The summed E-state index contributed by atoms with van der Waals surface area (Å²) in [6.07, 6.45) is -0.678. The van der Waals surface area contributed by atoms with Crippen molar-refractivity contribution in [2.24, 2.45) is 0 Å². The zero-order chi connectivity index (χ0) is 106. The molecular weight excluding hydrogens is 1940 g/mol. The normalized spacial score (nSPS) is 25.7. The van der Waals surface area contributed by atoms with Gasteiger partial charge in [0.15, 0.2) is 30.3 Å². The number of nitrogens with two attached hydrogens (primary N) is 1. The third-order valence-corrected chi connectivity index (χ3v) is 26.3. The maximum absolute atomic E-state index is 13.0. The van der Waals surface area contributed by atoms with Gasteiger partial charge in [-0.1, -0.05) is 32.1 Å². The number of ether oxygens (including phenoxy) is 10. The molecule has 5 aliphatic rings. The Hall–Kier alpha value is -7.19. The quantitative estimate of drug-likeness (QED) is 0.0303. The molecule has 52 heteroatoms. The summed E-state index contributed by atoms with van der Waals surface area (Å²) in [5.41, 5.74) is 5.59. The molecule has 7 rings (SSSR count). The van der Waals surface area contributed by atoms with Gasteiger partial charge in [-0.15, -0.1) is 9.42 Å². The van der Waals surface area contributed by atoms with E-state index in [-0.39, 0.29) is 176 Å². The number of fused-ring (bicyclic) bond motifs is 1. The topological polar surface area (TPSA) is 730 Å². The van der Waals surface area contributed by atoms with Gasteiger partial charge in [0, 0.05) is 148 Å². The number of rotatable bonds is 74. The number of β-amino-alcohol motifs (C(OH)–C–C–N with tert-alkyl or cyclic N) is 1. The lowest BCUT2D eigenvalue weighted by Crippen LogP contribution is -2.64. The van der Waals surface area contributed by atoms with Gasteiger partial charge in [-0.2, -0.15) is 0 Å². The molecule has 5 aliphatic heterocycles. The summed E-state index contributed by atoms with van der Waals surface area (Å²) in [5.74, 6) is -1.64. The van der Waals surface area contributed by atoms with Crippen LogP contribution in [0.3, 0.4) is 0 Å². The van der Waals surface area contributed by atoms with Crippen molar-refractivity contribution < 1.29 is 184 Å². The number of carbonyl (C=O) groups is 11. The van der Waals surface area contributed by atoms with E-state index in [1.807, 2.05) is 0 Å². The number of imidazole rings is 1. The van der Waals surface area contributed by atoms with Crippen LogP contribution in [0.2, 0.25) is 0 Å². The van der Waals surface area contributed by atoms with Crippen molar-refractivity contribution >= 4 is 97.4 Å². The molecule has 23 atom stereocenters. The minimum atomic E-state index is -4.74. The second kappa shape index (κ2) is 68.5. The van der Waals surface area contributed by atoms with E-state index < -0.39 is 188 Å². The minimum absolute atomic E-state index is 0.00297. The van der Waals surface area contributed by atoms with Gasteiger partial charge in [-0.3, -0.25) is 61.6 Å². The Morgan fingerprint density at radius 2 is 0.889 bits per heavy atom. The number of nitrogens with one attached hydrogen (secondary N) is 6. The number of unbranched alkanes of at least 4 members (excludes halogenated alkanes) is 12. The van der Waals surface area contributed by atoms with E-state index in [9.17, 15) is 118 Å². The van der Waals surface area contributed by atoms with Crippen molar-refractivity contribution in [3.8, 4) is 0 Å².